The predicted molar refractivity (Wildman–Crippen MR) is 86.8 cm³/mol. The van der Waals surface area contributed by atoms with Crippen molar-refractivity contribution in [2.45, 2.75) is 39.3 Å². The number of hydrogen-bond acceptors (Lipinski definition) is 2. The van der Waals surface area contributed by atoms with Crippen LogP contribution in [0.15, 0.2) is 30.5 Å². The lowest BCUT2D eigenvalue weighted by molar-refractivity contribution is 0.0437. The highest BCUT2D eigenvalue weighted by Gasteiger charge is 2.38. The van der Waals surface area contributed by atoms with Crippen molar-refractivity contribution in [1.29, 1.82) is 0 Å². The molecule has 0 radical (unpaired) electrons. The predicted octanol–water partition coefficient (Wildman–Crippen LogP) is 4.20. The Bertz CT molecular complexity index is 773. The minimum atomic E-state index is -2.78. The monoisotopic (exact) mass is 351 g/mol. The fourth-order valence-corrected chi connectivity index (χ4v) is 3.07. The first-order chi connectivity index (χ1) is 11.9. The maximum atomic E-state index is 14.0. The van der Waals surface area contributed by atoms with Gasteiger partial charge in [0.05, 0.1) is 11.6 Å². The highest BCUT2D eigenvalue weighted by atomic mass is 19.3. The maximum Gasteiger partial charge on any atom is 0.275 e. The summed E-state index contributed by atoms with van der Waals surface area (Å²) in [5.41, 5.74) is -0.205. The highest BCUT2D eigenvalue weighted by Crippen LogP contribution is 2.36. The summed E-state index contributed by atoms with van der Waals surface area (Å²) in [5.74, 6) is -0.759. The van der Waals surface area contributed by atoms with Gasteiger partial charge >= 0.3 is 0 Å². The molecule has 1 atom stereocenters. The highest BCUT2D eigenvalue weighted by molar-refractivity contribution is 5.94. The molecule has 0 bridgehead atoms. The number of carbonyl (C=O) groups excluding carboxylic acids is 1. The second-order valence-electron chi connectivity index (χ2n) is 6.67. The zero-order chi connectivity index (χ0) is 18.1. The van der Waals surface area contributed by atoms with Crippen LogP contribution in [0.5, 0.6) is 0 Å². The molecular weight excluding hydrogens is 331 g/mol. The van der Waals surface area contributed by atoms with E-state index in [1.807, 2.05) is 13.8 Å². The largest absolute Gasteiger partial charge is 0.330 e. The molecule has 1 aliphatic heterocycles. The third kappa shape index (κ3) is 3.41. The number of aromatic nitrogens is 2. The lowest BCUT2D eigenvalue weighted by atomic mass is 9.93. The van der Waals surface area contributed by atoms with E-state index in [0.29, 0.717) is 25.1 Å². The fraction of sp³-hybridized carbons (Fsp3) is 0.444. The topological polar surface area (TPSA) is 38.1 Å². The van der Waals surface area contributed by atoms with Crippen LogP contribution in [0.25, 0.3) is 0 Å². The fourth-order valence-electron chi connectivity index (χ4n) is 3.07. The molecule has 2 heterocycles. The molecule has 3 rings (SSSR count). The van der Waals surface area contributed by atoms with Crippen LogP contribution in [0.1, 0.15) is 54.4 Å². The zero-order valence-electron chi connectivity index (χ0n) is 14.1. The Kier molecular flexibility index (Phi) is 4.83. The SMILES string of the molecule is CC(C)Cn1cc(C(F)F)c(C(=O)N2CC[C@H]2c2ccccc2F)n1. The van der Waals surface area contributed by atoms with Crippen molar-refractivity contribution in [2.24, 2.45) is 5.92 Å². The Labute approximate surface area is 144 Å². The molecule has 1 aromatic heterocycles. The number of rotatable bonds is 5. The van der Waals surface area contributed by atoms with Gasteiger partial charge in [-0.1, -0.05) is 32.0 Å². The van der Waals surface area contributed by atoms with Crippen LogP contribution in [-0.2, 0) is 6.54 Å². The molecule has 1 amide bonds. The average molecular weight is 351 g/mol. The van der Waals surface area contributed by atoms with Crippen molar-refractivity contribution in [3.05, 3.63) is 53.1 Å². The standard InChI is InChI=1S/C18H20F3N3O/c1-11(2)9-23-10-13(17(20)21)16(22-23)18(25)24-8-7-15(24)12-5-3-4-6-14(12)19/h3-6,10-11,15,17H,7-9H2,1-2H3/t15-/m0/s1. The zero-order valence-corrected chi connectivity index (χ0v) is 14.1. The molecule has 0 unspecified atom stereocenters. The molecule has 1 saturated heterocycles. The van der Waals surface area contributed by atoms with E-state index in [2.05, 4.69) is 5.10 Å². The van der Waals surface area contributed by atoms with Crippen LogP contribution in [0.2, 0.25) is 0 Å². The van der Waals surface area contributed by atoms with Gasteiger partial charge in [-0.25, -0.2) is 13.2 Å². The quantitative estimate of drug-likeness (QED) is 0.810. The van der Waals surface area contributed by atoms with Crippen LogP contribution in [0.4, 0.5) is 13.2 Å². The average Bonchev–Trinajstić information content (AvgIpc) is 2.91. The van der Waals surface area contributed by atoms with Gasteiger partial charge in [-0.2, -0.15) is 5.10 Å². The summed E-state index contributed by atoms with van der Waals surface area (Å²) < 4.78 is 42.0. The number of amides is 1. The van der Waals surface area contributed by atoms with Crippen molar-refractivity contribution >= 4 is 5.91 Å². The van der Waals surface area contributed by atoms with Crippen molar-refractivity contribution in [3.8, 4) is 0 Å². The molecule has 2 aromatic rings. The van der Waals surface area contributed by atoms with Gasteiger partial charge in [0.15, 0.2) is 5.69 Å². The normalized spacial score (nSPS) is 17.2. The number of halogens is 3. The Morgan fingerprint density at radius 3 is 2.60 bits per heavy atom. The van der Waals surface area contributed by atoms with Gasteiger partial charge in [-0.15, -0.1) is 0 Å². The third-order valence-electron chi connectivity index (χ3n) is 4.32. The van der Waals surface area contributed by atoms with Crippen molar-refractivity contribution in [3.63, 3.8) is 0 Å². The second kappa shape index (κ2) is 6.90. The van der Waals surface area contributed by atoms with Gasteiger partial charge < -0.3 is 4.90 Å². The van der Waals surface area contributed by atoms with Gasteiger partial charge in [0, 0.05) is 24.8 Å². The first kappa shape index (κ1) is 17.5. The molecule has 0 spiro atoms. The molecule has 0 N–H and O–H groups in total. The lowest BCUT2D eigenvalue weighted by Gasteiger charge is -2.41. The van der Waals surface area contributed by atoms with Crippen molar-refractivity contribution in [2.75, 3.05) is 6.54 Å². The van der Waals surface area contributed by atoms with E-state index in [4.69, 9.17) is 0 Å². The summed E-state index contributed by atoms with van der Waals surface area (Å²) in [7, 11) is 0. The number of hydrogen-bond donors (Lipinski definition) is 0. The van der Waals surface area contributed by atoms with Gasteiger partial charge in [0.2, 0.25) is 0 Å². The Morgan fingerprint density at radius 1 is 1.32 bits per heavy atom. The summed E-state index contributed by atoms with van der Waals surface area (Å²) in [6.45, 7) is 4.73. The minimum absolute atomic E-state index is 0.212. The number of likely N-dealkylation sites (tertiary alicyclic amines) is 1. The molecule has 0 aliphatic carbocycles. The van der Waals surface area contributed by atoms with E-state index >= 15 is 0 Å². The first-order valence-corrected chi connectivity index (χ1v) is 8.29. The number of alkyl halides is 2. The minimum Gasteiger partial charge on any atom is -0.330 e. The van der Waals surface area contributed by atoms with E-state index in [-0.39, 0.29) is 17.2 Å². The van der Waals surface area contributed by atoms with Crippen LogP contribution in [0.3, 0.4) is 0 Å². The Hall–Kier alpha value is -2.31. The number of benzene rings is 1. The van der Waals surface area contributed by atoms with Gasteiger partial charge in [0.25, 0.3) is 12.3 Å². The Balaban J connectivity index is 1.88. The van der Waals surface area contributed by atoms with Crippen LogP contribution < -0.4 is 0 Å². The Morgan fingerprint density at radius 2 is 2.04 bits per heavy atom. The van der Waals surface area contributed by atoms with Crippen LogP contribution in [-0.4, -0.2) is 27.1 Å². The van der Waals surface area contributed by atoms with Crippen molar-refractivity contribution < 1.29 is 18.0 Å². The van der Waals surface area contributed by atoms with E-state index in [0.717, 1.165) is 0 Å². The molecule has 134 valence electrons. The second-order valence-corrected chi connectivity index (χ2v) is 6.67. The van der Waals surface area contributed by atoms with Gasteiger partial charge in [-0.05, 0) is 18.4 Å². The summed E-state index contributed by atoms with van der Waals surface area (Å²) in [4.78, 5) is 14.1. The molecule has 0 saturated carbocycles. The van der Waals surface area contributed by atoms with E-state index in [1.165, 1.54) is 21.8 Å². The van der Waals surface area contributed by atoms with E-state index in [1.54, 1.807) is 18.2 Å². The molecule has 1 aliphatic rings. The summed E-state index contributed by atoms with van der Waals surface area (Å²) >= 11 is 0. The molecule has 1 fully saturated rings. The van der Waals surface area contributed by atoms with Crippen LogP contribution in [0, 0.1) is 11.7 Å². The summed E-state index contributed by atoms with van der Waals surface area (Å²) in [6.07, 6.45) is -0.952. The molecule has 1 aromatic carbocycles. The van der Waals surface area contributed by atoms with Crippen molar-refractivity contribution in [1.82, 2.24) is 14.7 Å². The first-order valence-electron chi connectivity index (χ1n) is 8.29. The number of carbonyl (C=O) groups is 1. The van der Waals surface area contributed by atoms with E-state index < -0.39 is 24.2 Å². The van der Waals surface area contributed by atoms with Gasteiger partial charge in [0.1, 0.15) is 5.82 Å². The third-order valence-corrected chi connectivity index (χ3v) is 4.32. The number of nitrogens with zero attached hydrogens (tertiary/aromatic N) is 3. The molecule has 25 heavy (non-hydrogen) atoms. The molecular formula is C18H20F3N3O. The van der Waals surface area contributed by atoms with Crippen LogP contribution >= 0.6 is 0 Å². The maximum absolute atomic E-state index is 14.0. The smallest absolute Gasteiger partial charge is 0.275 e. The molecule has 4 nitrogen and oxygen atoms in total. The summed E-state index contributed by atoms with van der Waals surface area (Å²) in [5, 5.41) is 4.08. The summed E-state index contributed by atoms with van der Waals surface area (Å²) in [6, 6.07) is 5.78. The van der Waals surface area contributed by atoms with E-state index in [9.17, 15) is 18.0 Å². The van der Waals surface area contributed by atoms with Gasteiger partial charge in [-0.3, -0.25) is 9.48 Å². The molecule has 7 heteroatoms. The lowest BCUT2D eigenvalue weighted by Crippen LogP contribution is -2.45.